The number of halogens is 2. The highest BCUT2D eigenvalue weighted by molar-refractivity contribution is 6.85. The molecule has 0 spiro atoms. The van der Waals surface area contributed by atoms with Crippen LogP contribution < -0.4 is 11.5 Å². The average molecular weight is 195 g/mol. The average Bonchev–Trinajstić information content (AvgIpc) is 2.10. The quantitative estimate of drug-likeness (QED) is 0.697. The van der Waals surface area contributed by atoms with E-state index in [0.29, 0.717) is 6.54 Å². The molecule has 1 heterocycles. The molecule has 0 aliphatic heterocycles. The SMILES string of the molecule is ClCl.NCc1cnc(N)nc1. The van der Waals surface area contributed by atoms with Crippen molar-refractivity contribution in [3.63, 3.8) is 0 Å². The lowest BCUT2D eigenvalue weighted by molar-refractivity contribution is 1.01. The summed E-state index contributed by atoms with van der Waals surface area (Å²) in [7, 11) is 8.22. The van der Waals surface area contributed by atoms with E-state index in [-0.39, 0.29) is 5.95 Å². The maximum atomic E-state index is 5.28. The molecule has 0 radical (unpaired) electrons. The van der Waals surface area contributed by atoms with Crippen molar-refractivity contribution in [2.45, 2.75) is 6.54 Å². The molecule has 6 heteroatoms. The molecule has 0 amide bonds. The molecule has 4 nitrogen and oxygen atoms in total. The molecular formula is C5H8Cl2N4. The van der Waals surface area contributed by atoms with Gasteiger partial charge in [-0.15, -0.1) is 0 Å². The Labute approximate surface area is 74.1 Å². The van der Waals surface area contributed by atoms with Crippen molar-refractivity contribution in [3.8, 4) is 0 Å². The Hall–Kier alpha value is -0.580. The molecule has 0 saturated heterocycles. The van der Waals surface area contributed by atoms with Gasteiger partial charge in [0, 0.05) is 46.2 Å². The van der Waals surface area contributed by atoms with E-state index < -0.39 is 0 Å². The van der Waals surface area contributed by atoms with Gasteiger partial charge in [0.25, 0.3) is 0 Å². The Bertz CT molecular complexity index is 188. The number of anilines is 1. The smallest absolute Gasteiger partial charge is 0.219 e. The van der Waals surface area contributed by atoms with Crippen LogP contribution in [0.15, 0.2) is 12.4 Å². The summed E-state index contributed by atoms with van der Waals surface area (Å²) in [6, 6.07) is 0. The molecule has 0 bridgehead atoms. The van der Waals surface area contributed by atoms with E-state index in [0.717, 1.165) is 5.56 Å². The first-order valence-electron chi connectivity index (χ1n) is 2.73. The minimum atomic E-state index is 0.284. The summed E-state index contributed by atoms with van der Waals surface area (Å²) in [6.45, 7) is 0.459. The van der Waals surface area contributed by atoms with Crippen LogP contribution in [0.1, 0.15) is 5.56 Å². The Morgan fingerprint density at radius 2 is 1.73 bits per heavy atom. The fourth-order valence-electron chi connectivity index (χ4n) is 0.470. The maximum Gasteiger partial charge on any atom is 0.219 e. The second-order valence-corrected chi connectivity index (χ2v) is 1.65. The van der Waals surface area contributed by atoms with Gasteiger partial charge >= 0.3 is 0 Å². The number of hydrogen-bond donors (Lipinski definition) is 2. The fourth-order valence-corrected chi connectivity index (χ4v) is 0.470. The minimum absolute atomic E-state index is 0.284. The predicted molar refractivity (Wildman–Crippen MR) is 46.0 cm³/mol. The first-order valence-corrected chi connectivity index (χ1v) is 3.88. The van der Waals surface area contributed by atoms with Crippen LogP contribution in [0, 0.1) is 0 Å². The first-order chi connectivity index (χ1) is 5.33. The Kier molecular flexibility index (Phi) is 5.83. The molecule has 62 valence electrons. The predicted octanol–water partition coefficient (Wildman–Crippen LogP) is 0.897. The summed E-state index contributed by atoms with van der Waals surface area (Å²) >= 11 is 0. The van der Waals surface area contributed by atoms with Gasteiger partial charge in [-0.2, -0.15) is 0 Å². The summed E-state index contributed by atoms with van der Waals surface area (Å²) in [5.74, 6) is 0.284. The zero-order valence-corrected chi connectivity index (χ0v) is 7.18. The van der Waals surface area contributed by atoms with Crippen LogP contribution in [0.25, 0.3) is 0 Å². The van der Waals surface area contributed by atoms with Crippen molar-refractivity contribution in [2.24, 2.45) is 5.73 Å². The van der Waals surface area contributed by atoms with Crippen molar-refractivity contribution < 1.29 is 0 Å². The number of aromatic nitrogens is 2. The van der Waals surface area contributed by atoms with Crippen LogP contribution in [-0.2, 0) is 6.54 Å². The van der Waals surface area contributed by atoms with Crippen LogP contribution in [0.2, 0.25) is 0 Å². The van der Waals surface area contributed by atoms with Crippen molar-refractivity contribution in [2.75, 3.05) is 5.73 Å². The van der Waals surface area contributed by atoms with E-state index in [1.807, 2.05) is 0 Å². The lowest BCUT2D eigenvalue weighted by Gasteiger charge is -1.92. The zero-order valence-electron chi connectivity index (χ0n) is 5.67. The third-order valence-electron chi connectivity index (χ3n) is 0.961. The van der Waals surface area contributed by atoms with Gasteiger partial charge in [0.15, 0.2) is 0 Å². The molecule has 0 fully saturated rings. The summed E-state index contributed by atoms with van der Waals surface area (Å²) < 4.78 is 0. The molecule has 11 heavy (non-hydrogen) atoms. The van der Waals surface area contributed by atoms with Crippen LogP contribution >= 0.6 is 21.7 Å². The van der Waals surface area contributed by atoms with Gasteiger partial charge < -0.3 is 11.5 Å². The highest BCUT2D eigenvalue weighted by atomic mass is 36.5. The molecule has 0 aliphatic rings. The van der Waals surface area contributed by atoms with Crippen molar-refractivity contribution in [1.82, 2.24) is 9.97 Å². The van der Waals surface area contributed by atoms with Gasteiger partial charge in [-0.3, -0.25) is 0 Å². The van der Waals surface area contributed by atoms with Crippen molar-refractivity contribution in [1.29, 1.82) is 0 Å². The summed E-state index contributed by atoms with van der Waals surface area (Å²) in [6.07, 6.45) is 3.23. The minimum Gasteiger partial charge on any atom is -0.368 e. The third-order valence-corrected chi connectivity index (χ3v) is 0.961. The fraction of sp³-hybridized carbons (Fsp3) is 0.200. The van der Waals surface area contributed by atoms with E-state index in [2.05, 4.69) is 31.7 Å². The van der Waals surface area contributed by atoms with Crippen LogP contribution in [0.3, 0.4) is 0 Å². The number of nitrogens with two attached hydrogens (primary N) is 2. The monoisotopic (exact) mass is 194 g/mol. The topological polar surface area (TPSA) is 77.8 Å². The first kappa shape index (κ1) is 10.4. The number of nitrogen functional groups attached to an aromatic ring is 1. The molecule has 0 aromatic carbocycles. The van der Waals surface area contributed by atoms with Gasteiger partial charge in [0.05, 0.1) is 0 Å². The number of hydrogen-bond acceptors (Lipinski definition) is 4. The molecule has 0 aliphatic carbocycles. The molecule has 1 aromatic heterocycles. The largest absolute Gasteiger partial charge is 0.368 e. The summed E-state index contributed by atoms with van der Waals surface area (Å²) in [5, 5.41) is 0. The second kappa shape index (κ2) is 6.15. The van der Waals surface area contributed by atoms with E-state index in [1.165, 1.54) is 0 Å². The Balaban J connectivity index is 0.000000461. The molecule has 1 rings (SSSR count). The highest BCUT2D eigenvalue weighted by Gasteiger charge is 1.88. The van der Waals surface area contributed by atoms with E-state index in [9.17, 15) is 0 Å². The molecule has 0 unspecified atom stereocenters. The second-order valence-electron chi connectivity index (χ2n) is 1.65. The molecule has 4 N–H and O–H groups in total. The van der Waals surface area contributed by atoms with Crippen LogP contribution in [-0.4, -0.2) is 9.97 Å². The normalized spacial score (nSPS) is 8.27. The lowest BCUT2D eigenvalue weighted by Crippen LogP contribution is -2.00. The van der Waals surface area contributed by atoms with E-state index in [1.54, 1.807) is 12.4 Å². The molecule has 1 aromatic rings. The zero-order chi connectivity index (χ0) is 8.69. The lowest BCUT2D eigenvalue weighted by atomic mass is 10.3. The van der Waals surface area contributed by atoms with Gasteiger partial charge in [-0.25, -0.2) is 9.97 Å². The Morgan fingerprint density at radius 1 is 1.27 bits per heavy atom. The van der Waals surface area contributed by atoms with Gasteiger partial charge in [-0.1, -0.05) is 0 Å². The molecular weight excluding hydrogens is 187 g/mol. The highest BCUT2D eigenvalue weighted by Crippen LogP contribution is 1.93. The third kappa shape index (κ3) is 3.98. The van der Waals surface area contributed by atoms with E-state index >= 15 is 0 Å². The standard InChI is InChI=1S/C5H8N4.Cl2/c6-1-4-2-8-5(7)9-3-4;1-2/h2-3H,1,6H2,(H2,7,8,9);. The van der Waals surface area contributed by atoms with Crippen molar-refractivity contribution in [3.05, 3.63) is 18.0 Å². The molecule has 0 saturated carbocycles. The van der Waals surface area contributed by atoms with Crippen molar-refractivity contribution >= 4 is 27.7 Å². The van der Waals surface area contributed by atoms with Gasteiger partial charge in [0.1, 0.15) is 0 Å². The van der Waals surface area contributed by atoms with Gasteiger partial charge in [-0.05, 0) is 0 Å². The Morgan fingerprint density at radius 3 is 2.09 bits per heavy atom. The maximum absolute atomic E-state index is 5.28. The van der Waals surface area contributed by atoms with Gasteiger partial charge in [0.2, 0.25) is 5.95 Å². The summed E-state index contributed by atoms with van der Waals surface area (Å²) in [5.41, 5.74) is 11.4. The van der Waals surface area contributed by atoms with Crippen LogP contribution in [0.4, 0.5) is 5.95 Å². The van der Waals surface area contributed by atoms with Crippen LogP contribution in [0.5, 0.6) is 0 Å². The summed E-state index contributed by atoms with van der Waals surface area (Å²) in [4.78, 5) is 7.47. The molecule has 0 atom stereocenters. The van der Waals surface area contributed by atoms with E-state index in [4.69, 9.17) is 11.5 Å². The number of rotatable bonds is 1. The number of nitrogens with zero attached hydrogens (tertiary/aromatic N) is 2.